The van der Waals surface area contributed by atoms with E-state index in [0.717, 1.165) is 19.4 Å². The molecule has 2 unspecified atom stereocenters. The molecule has 0 bridgehead atoms. The van der Waals surface area contributed by atoms with Crippen LogP contribution in [-0.4, -0.2) is 31.3 Å². The standard InChI is InChI=1S/C14H28N2O/c1-13(2)11(10-12(13)17-3)16-9-8-14(15)6-4-5-7-14/h11-12,16H,4-10,15H2,1-3H3. The van der Waals surface area contributed by atoms with Gasteiger partial charge in [0.1, 0.15) is 0 Å². The number of hydrogen-bond acceptors (Lipinski definition) is 3. The Labute approximate surface area is 105 Å². The summed E-state index contributed by atoms with van der Waals surface area (Å²) in [5.74, 6) is 0. The molecule has 0 aromatic carbocycles. The van der Waals surface area contributed by atoms with Crippen LogP contribution >= 0.6 is 0 Å². The summed E-state index contributed by atoms with van der Waals surface area (Å²) in [6.07, 6.45) is 7.73. The molecule has 3 N–H and O–H groups in total. The lowest BCUT2D eigenvalue weighted by Gasteiger charge is -2.51. The van der Waals surface area contributed by atoms with E-state index >= 15 is 0 Å². The van der Waals surface area contributed by atoms with Crippen LogP contribution in [0.25, 0.3) is 0 Å². The Bertz CT molecular complexity index is 259. The summed E-state index contributed by atoms with van der Waals surface area (Å²) < 4.78 is 5.47. The first kappa shape index (κ1) is 13.3. The van der Waals surface area contributed by atoms with Gasteiger partial charge in [0.15, 0.2) is 0 Å². The summed E-state index contributed by atoms with van der Waals surface area (Å²) >= 11 is 0. The third kappa shape index (κ3) is 2.67. The zero-order chi connectivity index (χ0) is 12.5. The predicted molar refractivity (Wildman–Crippen MR) is 71.0 cm³/mol. The Balaban J connectivity index is 1.70. The number of ether oxygens (including phenoxy) is 1. The Morgan fingerprint density at radius 3 is 2.47 bits per heavy atom. The lowest BCUT2D eigenvalue weighted by atomic mass is 9.64. The lowest BCUT2D eigenvalue weighted by Crippen LogP contribution is -2.61. The second kappa shape index (κ2) is 4.87. The van der Waals surface area contributed by atoms with E-state index in [-0.39, 0.29) is 11.0 Å². The maximum absolute atomic E-state index is 6.36. The van der Waals surface area contributed by atoms with E-state index in [0.29, 0.717) is 12.1 Å². The fourth-order valence-electron chi connectivity index (χ4n) is 3.46. The molecule has 0 aromatic heterocycles. The largest absolute Gasteiger partial charge is 0.381 e. The van der Waals surface area contributed by atoms with Crippen molar-refractivity contribution in [3.8, 4) is 0 Å². The predicted octanol–water partition coefficient (Wildman–Crippen LogP) is 2.05. The minimum absolute atomic E-state index is 0.127. The van der Waals surface area contributed by atoms with Crippen LogP contribution in [0.15, 0.2) is 0 Å². The Hall–Kier alpha value is -0.120. The van der Waals surface area contributed by atoms with Crippen molar-refractivity contribution in [2.45, 2.75) is 70.1 Å². The number of rotatable bonds is 5. The number of nitrogens with one attached hydrogen (secondary N) is 1. The topological polar surface area (TPSA) is 47.3 Å². The SMILES string of the molecule is COC1CC(NCCC2(N)CCCC2)C1(C)C. The van der Waals surface area contributed by atoms with Crippen LogP contribution in [0.1, 0.15) is 52.4 Å². The smallest absolute Gasteiger partial charge is 0.0652 e. The molecule has 2 aliphatic rings. The molecule has 3 heteroatoms. The van der Waals surface area contributed by atoms with Gasteiger partial charge in [0, 0.05) is 24.1 Å². The highest BCUT2D eigenvalue weighted by atomic mass is 16.5. The molecule has 0 amide bonds. The van der Waals surface area contributed by atoms with Gasteiger partial charge in [-0.2, -0.15) is 0 Å². The van der Waals surface area contributed by atoms with Crippen LogP contribution in [0.2, 0.25) is 0 Å². The highest BCUT2D eigenvalue weighted by molar-refractivity contribution is 5.03. The first-order chi connectivity index (χ1) is 7.98. The van der Waals surface area contributed by atoms with Gasteiger partial charge in [0.2, 0.25) is 0 Å². The van der Waals surface area contributed by atoms with E-state index in [1.165, 1.54) is 25.7 Å². The Morgan fingerprint density at radius 1 is 1.29 bits per heavy atom. The molecule has 0 aliphatic heterocycles. The Morgan fingerprint density at radius 2 is 1.94 bits per heavy atom. The third-order valence-electron chi connectivity index (χ3n) is 5.08. The maximum Gasteiger partial charge on any atom is 0.0652 e. The van der Waals surface area contributed by atoms with E-state index < -0.39 is 0 Å². The van der Waals surface area contributed by atoms with Crippen LogP contribution in [0.3, 0.4) is 0 Å². The molecule has 0 aromatic rings. The molecular formula is C14H28N2O. The molecule has 2 rings (SSSR count). The minimum atomic E-state index is 0.127. The molecule has 0 saturated heterocycles. The molecule has 2 aliphatic carbocycles. The van der Waals surface area contributed by atoms with E-state index in [2.05, 4.69) is 19.2 Å². The van der Waals surface area contributed by atoms with Crippen LogP contribution < -0.4 is 11.1 Å². The number of hydrogen-bond donors (Lipinski definition) is 2. The highest BCUT2D eigenvalue weighted by Crippen LogP contribution is 2.42. The lowest BCUT2D eigenvalue weighted by molar-refractivity contribution is -0.0975. The van der Waals surface area contributed by atoms with Crippen molar-refractivity contribution in [3.63, 3.8) is 0 Å². The van der Waals surface area contributed by atoms with Crippen molar-refractivity contribution in [1.29, 1.82) is 0 Å². The van der Waals surface area contributed by atoms with Gasteiger partial charge in [-0.15, -0.1) is 0 Å². The average Bonchev–Trinajstić information content (AvgIpc) is 2.70. The summed E-state index contributed by atoms with van der Waals surface area (Å²) in [5.41, 5.74) is 6.76. The van der Waals surface area contributed by atoms with Gasteiger partial charge in [0.05, 0.1) is 6.10 Å². The van der Waals surface area contributed by atoms with Gasteiger partial charge in [-0.1, -0.05) is 26.7 Å². The fraction of sp³-hybridized carbons (Fsp3) is 1.00. The summed E-state index contributed by atoms with van der Waals surface area (Å²) in [6, 6.07) is 0.595. The van der Waals surface area contributed by atoms with Gasteiger partial charge in [-0.25, -0.2) is 0 Å². The normalized spacial score (nSPS) is 34.6. The van der Waals surface area contributed by atoms with Crippen molar-refractivity contribution in [2.75, 3.05) is 13.7 Å². The summed E-state index contributed by atoms with van der Waals surface area (Å²) in [4.78, 5) is 0. The molecule has 17 heavy (non-hydrogen) atoms. The Kier molecular flexibility index (Phi) is 3.81. The first-order valence-electron chi connectivity index (χ1n) is 7.03. The second-order valence-corrected chi connectivity index (χ2v) is 6.61. The van der Waals surface area contributed by atoms with Crippen LogP contribution in [-0.2, 0) is 4.74 Å². The first-order valence-corrected chi connectivity index (χ1v) is 7.03. The van der Waals surface area contributed by atoms with Crippen molar-refractivity contribution < 1.29 is 4.74 Å². The van der Waals surface area contributed by atoms with Gasteiger partial charge in [0.25, 0.3) is 0 Å². The number of nitrogens with two attached hydrogens (primary N) is 1. The van der Waals surface area contributed by atoms with Gasteiger partial charge in [-0.3, -0.25) is 0 Å². The summed E-state index contributed by atoms with van der Waals surface area (Å²) in [6.45, 7) is 5.63. The van der Waals surface area contributed by atoms with Crippen LogP contribution in [0.4, 0.5) is 0 Å². The summed E-state index contributed by atoms with van der Waals surface area (Å²) in [7, 11) is 1.82. The molecule has 3 nitrogen and oxygen atoms in total. The van der Waals surface area contributed by atoms with Gasteiger partial charge >= 0.3 is 0 Å². The van der Waals surface area contributed by atoms with Crippen molar-refractivity contribution in [2.24, 2.45) is 11.1 Å². The average molecular weight is 240 g/mol. The van der Waals surface area contributed by atoms with E-state index in [9.17, 15) is 0 Å². The molecule has 100 valence electrons. The van der Waals surface area contributed by atoms with Crippen LogP contribution in [0.5, 0.6) is 0 Å². The van der Waals surface area contributed by atoms with E-state index in [1.54, 1.807) is 0 Å². The molecule has 0 heterocycles. The second-order valence-electron chi connectivity index (χ2n) is 6.61. The highest BCUT2D eigenvalue weighted by Gasteiger charge is 2.48. The molecule has 2 fully saturated rings. The molecule has 2 atom stereocenters. The monoisotopic (exact) mass is 240 g/mol. The molecular weight excluding hydrogens is 212 g/mol. The number of methoxy groups -OCH3 is 1. The van der Waals surface area contributed by atoms with Crippen molar-refractivity contribution in [3.05, 3.63) is 0 Å². The molecule has 0 radical (unpaired) electrons. The maximum atomic E-state index is 6.36. The van der Waals surface area contributed by atoms with Crippen molar-refractivity contribution >= 4 is 0 Å². The zero-order valence-corrected chi connectivity index (χ0v) is 11.6. The minimum Gasteiger partial charge on any atom is -0.381 e. The van der Waals surface area contributed by atoms with Gasteiger partial charge < -0.3 is 15.8 Å². The molecule has 0 spiro atoms. The molecule has 2 saturated carbocycles. The third-order valence-corrected chi connectivity index (χ3v) is 5.08. The fourth-order valence-corrected chi connectivity index (χ4v) is 3.46. The summed E-state index contributed by atoms with van der Waals surface area (Å²) in [5, 5.41) is 3.67. The quantitative estimate of drug-likeness (QED) is 0.773. The van der Waals surface area contributed by atoms with Gasteiger partial charge in [-0.05, 0) is 32.2 Å². The van der Waals surface area contributed by atoms with E-state index in [1.807, 2.05) is 7.11 Å². The zero-order valence-electron chi connectivity index (χ0n) is 11.6. The van der Waals surface area contributed by atoms with Crippen molar-refractivity contribution in [1.82, 2.24) is 5.32 Å². The van der Waals surface area contributed by atoms with Crippen LogP contribution in [0, 0.1) is 5.41 Å². The van der Waals surface area contributed by atoms with E-state index in [4.69, 9.17) is 10.5 Å².